The van der Waals surface area contributed by atoms with Crippen molar-refractivity contribution < 1.29 is 13.2 Å². The standard InChI is InChI=1S/C8H9F3N6/c9-8(10,11)5-3-4(16-17-5)7(13)1-2-14-6(12)15-7/h1-3H,13H2,(H,16,17)(H3,12,14,15). The highest BCUT2D eigenvalue weighted by molar-refractivity contribution is 5.80. The molecule has 17 heavy (non-hydrogen) atoms. The number of hydrogen-bond acceptors (Lipinski definition) is 5. The normalized spacial score (nSPS) is 24.4. The van der Waals surface area contributed by atoms with Gasteiger partial charge in [-0.05, 0) is 12.1 Å². The summed E-state index contributed by atoms with van der Waals surface area (Å²) in [6, 6.07) is 0.798. The van der Waals surface area contributed by atoms with Crippen molar-refractivity contribution >= 4 is 5.96 Å². The number of alkyl halides is 3. The van der Waals surface area contributed by atoms with E-state index in [4.69, 9.17) is 11.5 Å². The fourth-order valence-electron chi connectivity index (χ4n) is 1.35. The molecule has 0 fully saturated rings. The zero-order chi connectivity index (χ0) is 12.7. The molecule has 1 aliphatic rings. The smallest absolute Gasteiger partial charge is 0.370 e. The summed E-state index contributed by atoms with van der Waals surface area (Å²) in [5.74, 6) is 0.0122. The summed E-state index contributed by atoms with van der Waals surface area (Å²) in [6.45, 7) is 0. The van der Waals surface area contributed by atoms with Crippen LogP contribution in [0.2, 0.25) is 0 Å². The van der Waals surface area contributed by atoms with Gasteiger partial charge in [0, 0.05) is 6.20 Å². The van der Waals surface area contributed by atoms with Crippen LogP contribution in [0.4, 0.5) is 13.2 Å². The van der Waals surface area contributed by atoms with Gasteiger partial charge >= 0.3 is 6.18 Å². The summed E-state index contributed by atoms with van der Waals surface area (Å²) in [6.07, 6.45) is -1.76. The molecule has 2 heterocycles. The third-order valence-corrected chi connectivity index (χ3v) is 2.17. The molecule has 0 saturated carbocycles. The molecule has 6 nitrogen and oxygen atoms in total. The molecule has 1 aromatic rings. The monoisotopic (exact) mass is 246 g/mol. The molecule has 0 aromatic carbocycles. The number of aromatic nitrogens is 2. The molecule has 0 bridgehead atoms. The van der Waals surface area contributed by atoms with Gasteiger partial charge in [0.05, 0.1) is 5.69 Å². The molecule has 0 amide bonds. The van der Waals surface area contributed by atoms with Crippen LogP contribution in [0.25, 0.3) is 0 Å². The maximum absolute atomic E-state index is 12.4. The van der Waals surface area contributed by atoms with Crippen LogP contribution < -0.4 is 16.8 Å². The Morgan fingerprint density at radius 3 is 2.59 bits per heavy atom. The molecule has 0 spiro atoms. The molecule has 1 atom stereocenters. The van der Waals surface area contributed by atoms with Crippen LogP contribution in [0.1, 0.15) is 11.4 Å². The van der Waals surface area contributed by atoms with Crippen LogP contribution in [-0.4, -0.2) is 16.2 Å². The van der Waals surface area contributed by atoms with Crippen LogP contribution in [0.15, 0.2) is 23.3 Å². The first-order valence-corrected chi connectivity index (χ1v) is 4.53. The number of H-pyrrole nitrogens is 1. The highest BCUT2D eigenvalue weighted by Gasteiger charge is 2.37. The van der Waals surface area contributed by atoms with Gasteiger partial charge < -0.3 is 11.1 Å². The highest BCUT2D eigenvalue weighted by atomic mass is 19.4. The lowest BCUT2D eigenvalue weighted by Crippen LogP contribution is -2.42. The summed E-state index contributed by atoms with van der Waals surface area (Å²) in [4.78, 5) is 3.82. The van der Waals surface area contributed by atoms with Crippen molar-refractivity contribution in [2.24, 2.45) is 16.5 Å². The number of halogens is 3. The number of nitrogens with two attached hydrogens (primary N) is 2. The van der Waals surface area contributed by atoms with Gasteiger partial charge in [0.2, 0.25) is 0 Å². The van der Waals surface area contributed by atoms with E-state index < -0.39 is 17.5 Å². The molecule has 0 radical (unpaired) electrons. The Morgan fingerprint density at radius 2 is 2.06 bits per heavy atom. The topological polar surface area (TPSA) is 105 Å². The summed E-state index contributed by atoms with van der Waals surface area (Å²) < 4.78 is 37.1. The molecule has 1 aromatic heterocycles. The number of hydrogen-bond donors (Lipinski definition) is 4. The van der Waals surface area contributed by atoms with Crippen LogP contribution in [0, 0.1) is 0 Å². The zero-order valence-corrected chi connectivity index (χ0v) is 8.42. The predicted octanol–water partition coefficient (Wildman–Crippen LogP) is -0.0284. The number of nitrogens with zero attached hydrogens (tertiary/aromatic N) is 2. The third-order valence-electron chi connectivity index (χ3n) is 2.17. The van der Waals surface area contributed by atoms with E-state index in [1.54, 1.807) is 0 Å². The Balaban J connectivity index is 2.38. The van der Waals surface area contributed by atoms with Crippen molar-refractivity contribution in [1.82, 2.24) is 15.5 Å². The van der Waals surface area contributed by atoms with Crippen LogP contribution in [0.3, 0.4) is 0 Å². The molecule has 6 N–H and O–H groups in total. The Hall–Kier alpha value is -2.03. The Labute approximate surface area is 93.6 Å². The number of aromatic amines is 1. The van der Waals surface area contributed by atoms with Crippen LogP contribution >= 0.6 is 0 Å². The van der Waals surface area contributed by atoms with Crippen LogP contribution in [0.5, 0.6) is 0 Å². The molecule has 92 valence electrons. The van der Waals surface area contributed by atoms with Crippen molar-refractivity contribution in [3.05, 3.63) is 29.7 Å². The maximum atomic E-state index is 12.4. The van der Waals surface area contributed by atoms with E-state index in [0.717, 1.165) is 6.07 Å². The zero-order valence-electron chi connectivity index (χ0n) is 8.42. The highest BCUT2D eigenvalue weighted by Crippen LogP contribution is 2.30. The SMILES string of the molecule is NC1=NC(N)(c2cc(C(F)(F)F)n[nH]2)C=CN1. The van der Waals surface area contributed by atoms with E-state index >= 15 is 0 Å². The summed E-state index contributed by atoms with van der Waals surface area (Å²) in [5.41, 5.74) is 8.67. The van der Waals surface area contributed by atoms with E-state index in [-0.39, 0.29) is 11.7 Å². The minimum absolute atomic E-state index is 0.00512. The fraction of sp³-hybridized carbons (Fsp3) is 0.250. The van der Waals surface area contributed by atoms with E-state index in [1.807, 2.05) is 0 Å². The first-order valence-electron chi connectivity index (χ1n) is 4.53. The summed E-state index contributed by atoms with van der Waals surface area (Å²) in [7, 11) is 0. The largest absolute Gasteiger partial charge is 0.435 e. The van der Waals surface area contributed by atoms with E-state index in [9.17, 15) is 13.2 Å². The first-order chi connectivity index (χ1) is 7.81. The minimum Gasteiger partial charge on any atom is -0.370 e. The lowest BCUT2D eigenvalue weighted by Gasteiger charge is -2.23. The molecule has 2 rings (SSSR count). The number of aliphatic imine (C=N–C) groups is 1. The maximum Gasteiger partial charge on any atom is 0.435 e. The molecular formula is C8H9F3N6. The summed E-state index contributed by atoms with van der Waals surface area (Å²) in [5, 5.41) is 7.90. The average Bonchev–Trinajstić information content (AvgIpc) is 2.65. The number of rotatable bonds is 1. The lowest BCUT2D eigenvalue weighted by molar-refractivity contribution is -0.141. The second-order valence-corrected chi connectivity index (χ2v) is 3.46. The average molecular weight is 246 g/mol. The van der Waals surface area contributed by atoms with Crippen molar-refractivity contribution in [2.75, 3.05) is 0 Å². The molecule has 0 aliphatic carbocycles. The molecule has 0 saturated heterocycles. The van der Waals surface area contributed by atoms with Gasteiger partial charge in [0.15, 0.2) is 17.3 Å². The van der Waals surface area contributed by atoms with Gasteiger partial charge in [-0.3, -0.25) is 10.8 Å². The minimum atomic E-state index is -4.53. The Bertz CT molecular complexity index is 488. The molecule has 9 heteroatoms. The van der Waals surface area contributed by atoms with Gasteiger partial charge in [0.1, 0.15) is 0 Å². The molecule has 1 aliphatic heterocycles. The fourth-order valence-corrected chi connectivity index (χ4v) is 1.35. The van der Waals surface area contributed by atoms with Gasteiger partial charge in [-0.25, -0.2) is 4.99 Å². The quantitative estimate of drug-likeness (QED) is 0.558. The summed E-state index contributed by atoms with van der Waals surface area (Å²) >= 11 is 0. The third kappa shape index (κ3) is 2.09. The van der Waals surface area contributed by atoms with Crippen molar-refractivity contribution in [2.45, 2.75) is 11.8 Å². The first kappa shape index (κ1) is 11.5. The van der Waals surface area contributed by atoms with E-state index in [0.29, 0.717) is 0 Å². The predicted molar refractivity (Wildman–Crippen MR) is 53.4 cm³/mol. The molecule has 1 unspecified atom stereocenters. The van der Waals surface area contributed by atoms with Crippen molar-refractivity contribution in [3.63, 3.8) is 0 Å². The van der Waals surface area contributed by atoms with Crippen molar-refractivity contribution in [1.29, 1.82) is 0 Å². The number of nitrogens with one attached hydrogen (secondary N) is 2. The second kappa shape index (κ2) is 3.48. The number of guanidine groups is 1. The lowest BCUT2D eigenvalue weighted by atomic mass is 10.1. The molecular weight excluding hydrogens is 237 g/mol. The second-order valence-electron chi connectivity index (χ2n) is 3.46. The van der Waals surface area contributed by atoms with Crippen molar-refractivity contribution in [3.8, 4) is 0 Å². The van der Waals surface area contributed by atoms with Gasteiger partial charge in [-0.2, -0.15) is 18.3 Å². The van der Waals surface area contributed by atoms with E-state index in [2.05, 4.69) is 20.5 Å². The van der Waals surface area contributed by atoms with Gasteiger partial charge in [-0.15, -0.1) is 0 Å². The Morgan fingerprint density at radius 1 is 1.35 bits per heavy atom. The van der Waals surface area contributed by atoms with Gasteiger partial charge in [0.25, 0.3) is 0 Å². The Kier molecular flexibility index (Phi) is 2.35. The van der Waals surface area contributed by atoms with Gasteiger partial charge in [-0.1, -0.05) is 0 Å². The van der Waals surface area contributed by atoms with E-state index in [1.165, 1.54) is 12.3 Å². The van der Waals surface area contributed by atoms with Crippen LogP contribution in [-0.2, 0) is 11.8 Å².